The average Bonchev–Trinajstić information content (AvgIpc) is 3.38. The van der Waals surface area contributed by atoms with Gasteiger partial charge in [-0.3, -0.25) is 9.98 Å². The minimum atomic E-state index is 0.719. The van der Waals surface area contributed by atoms with E-state index in [9.17, 15) is 0 Å². The molecule has 4 N–H and O–H groups in total. The van der Waals surface area contributed by atoms with Gasteiger partial charge in [-0.2, -0.15) is 10.2 Å². The van der Waals surface area contributed by atoms with Gasteiger partial charge in [0.05, 0.1) is 5.69 Å². The predicted octanol–water partition coefficient (Wildman–Crippen LogP) is 2.88. The molecule has 0 amide bonds. The third kappa shape index (κ3) is 6.91. The summed E-state index contributed by atoms with van der Waals surface area (Å²) in [6.45, 7) is 3.52. The van der Waals surface area contributed by atoms with E-state index in [-0.39, 0.29) is 0 Å². The molecule has 2 aliphatic heterocycles. The molecule has 4 heterocycles. The van der Waals surface area contributed by atoms with Crippen molar-refractivity contribution in [2.45, 2.75) is 12.8 Å². The smallest absolute Gasteiger partial charge is 0.212 e. The summed E-state index contributed by atoms with van der Waals surface area (Å²) in [5.74, 6) is 1.44. The third-order valence-electron chi connectivity index (χ3n) is 5.71. The van der Waals surface area contributed by atoms with Crippen LogP contribution in [0, 0.1) is 0 Å². The topological polar surface area (TPSA) is 115 Å². The van der Waals surface area contributed by atoms with Crippen molar-refractivity contribution in [3.63, 3.8) is 0 Å². The number of pyridine rings is 1. The second-order valence-electron chi connectivity index (χ2n) is 8.50. The first-order valence-electron chi connectivity index (χ1n) is 12.4. The highest BCUT2D eigenvalue weighted by molar-refractivity contribution is 5.84. The molecule has 0 fully saturated rings. The summed E-state index contributed by atoms with van der Waals surface area (Å²) in [5, 5.41) is 14.7. The van der Waals surface area contributed by atoms with Crippen LogP contribution >= 0.6 is 0 Å². The van der Waals surface area contributed by atoms with Crippen LogP contribution in [0.4, 0.5) is 0 Å². The van der Waals surface area contributed by atoms with Crippen molar-refractivity contribution in [3.8, 4) is 11.3 Å². The molecule has 1 aromatic carbocycles. The second kappa shape index (κ2) is 12.3. The van der Waals surface area contributed by atoms with Gasteiger partial charge in [0.15, 0.2) is 0 Å². The van der Waals surface area contributed by atoms with E-state index in [0.717, 1.165) is 79.0 Å². The van der Waals surface area contributed by atoms with Gasteiger partial charge in [-0.15, -0.1) is 0 Å². The van der Waals surface area contributed by atoms with Crippen LogP contribution < -0.4 is 21.5 Å². The molecule has 0 saturated heterocycles. The van der Waals surface area contributed by atoms with Gasteiger partial charge in [0.1, 0.15) is 5.65 Å². The molecule has 0 unspecified atom stereocenters. The van der Waals surface area contributed by atoms with Crippen LogP contribution in [-0.2, 0) is 0 Å². The molecule has 0 radical (unpaired) electrons. The Hall–Kier alpha value is -4.73. The van der Waals surface area contributed by atoms with Gasteiger partial charge in [0.25, 0.3) is 0 Å². The largest absolute Gasteiger partial charge is 0.355 e. The zero-order valence-electron chi connectivity index (χ0n) is 20.5. The third-order valence-corrected chi connectivity index (χ3v) is 5.71. The first kappa shape index (κ1) is 24.0. The number of guanidine groups is 2. The zero-order chi connectivity index (χ0) is 25.1. The summed E-state index contributed by atoms with van der Waals surface area (Å²) in [6.07, 6.45) is 17.4. The van der Waals surface area contributed by atoms with Crippen molar-refractivity contribution in [2.75, 3.05) is 26.2 Å². The number of aromatic nitrogens is 2. The Morgan fingerprint density at radius 2 is 1.38 bits per heavy atom. The molecule has 5 rings (SSSR count). The molecule has 0 atom stereocenters. The molecule has 2 aromatic heterocycles. The number of benzene rings is 1. The first-order valence-corrected chi connectivity index (χ1v) is 12.4. The van der Waals surface area contributed by atoms with E-state index >= 15 is 0 Å². The van der Waals surface area contributed by atoms with Gasteiger partial charge in [-0.05, 0) is 48.3 Å². The standard InChI is InChI=1S/C27H30N10/c1(17-32-35-26-28-13-3-14-29-26)5-21-7-10-23(11-8-21)24-20-37-19-22(9-12-25(37)34-24)6-2-18-33-36-27-30-15-4-16-31-27/h1-2,5-12,17-20H,3-4,13-16H2,(H2,28,29,35)(H2,30,31,36)/b5-1+,6-2+,32-17?,33-18?. The van der Waals surface area contributed by atoms with Crippen molar-refractivity contribution < 1.29 is 0 Å². The van der Waals surface area contributed by atoms with Gasteiger partial charge in [0.2, 0.25) is 11.9 Å². The van der Waals surface area contributed by atoms with Crippen LogP contribution in [0.25, 0.3) is 29.1 Å². The molecule has 0 saturated carbocycles. The number of rotatable bonds is 7. The minimum Gasteiger partial charge on any atom is -0.355 e. The molecular formula is C27H30N10. The van der Waals surface area contributed by atoms with Crippen LogP contribution in [0.3, 0.4) is 0 Å². The molecule has 0 bridgehead atoms. The predicted molar refractivity (Wildman–Crippen MR) is 152 cm³/mol. The van der Waals surface area contributed by atoms with Crippen molar-refractivity contribution in [2.24, 2.45) is 20.2 Å². The van der Waals surface area contributed by atoms with E-state index < -0.39 is 0 Å². The molecule has 2 aliphatic rings. The number of hydrogen-bond acceptors (Lipinski definition) is 9. The fourth-order valence-corrected chi connectivity index (χ4v) is 3.82. The maximum atomic E-state index is 4.76. The quantitative estimate of drug-likeness (QED) is 0.298. The van der Waals surface area contributed by atoms with E-state index in [0.29, 0.717) is 0 Å². The maximum Gasteiger partial charge on any atom is 0.212 e. The van der Waals surface area contributed by atoms with Gasteiger partial charge >= 0.3 is 0 Å². The summed E-state index contributed by atoms with van der Waals surface area (Å²) < 4.78 is 2.04. The Morgan fingerprint density at radius 1 is 0.757 bits per heavy atom. The lowest BCUT2D eigenvalue weighted by atomic mass is 10.1. The van der Waals surface area contributed by atoms with E-state index in [1.165, 1.54) is 0 Å². The molecular weight excluding hydrogens is 464 g/mol. The lowest BCUT2D eigenvalue weighted by Crippen LogP contribution is -2.38. The number of allylic oxidation sites excluding steroid dienone is 2. The number of fused-ring (bicyclic) bond motifs is 1. The fraction of sp³-hybridized carbons (Fsp3) is 0.222. The molecule has 10 nitrogen and oxygen atoms in total. The lowest BCUT2D eigenvalue weighted by Gasteiger charge is -2.12. The first-order chi connectivity index (χ1) is 18.3. The number of aliphatic imine (C=N–C) groups is 2. The monoisotopic (exact) mass is 494 g/mol. The van der Waals surface area contributed by atoms with E-state index in [4.69, 9.17) is 4.98 Å². The Morgan fingerprint density at radius 3 is 2.00 bits per heavy atom. The minimum absolute atomic E-state index is 0.719. The summed E-state index contributed by atoms with van der Waals surface area (Å²) in [7, 11) is 0. The second-order valence-corrected chi connectivity index (χ2v) is 8.50. The molecule has 0 spiro atoms. The van der Waals surface area contributed by atoms with Crippen LogP contribution in [0.1, 0.15) is 24.0 Å². The Labute approximate surface area is 215 Å². The number of imidazole rings is 1. The SMILES string of the molecule is C(/C=C/c1ccc(-c2cn3cc(/C=C/C=NNC4=NCCCN4)ccc3n2)cc1)=NNC1=NCCCN1. The lowest BCUT2D eigenvalue weighted by molar-refractivity contribution is 0.712. The van der Waals surface area contributed by atoms with Crippen molar-refractivity contribution in [1.29, 1.82) is 0 Å². The summed E-state index contributed by atoms with van der Waals surface area (Å²) in [4.78, 5) is 13.4. The van der Waals surface area contributed by atoms with Crippen LogP contribution in [0.15, 0.2) is 81.1 Å². The van der Waals surface area contributed by atoms with E-state index in [1.54, 1.807) is 12.4 Å². The van der Waals surface area contributed by atoms with Gasteiger partial charge < -0.3 is 15.0 Å². The highest BCUT2D eigenvalue weighted by Crippen LogP contribution is 2.21. The van der Waals surface area contributed by atoms with Crippen molar-refractivity contribution in [3.05, 3.63) is 72.1 Å². The summed E-state index contributed by atoms with van der Waals surface area (Å²) in [5.41, 5.74) is 10.8. The Bertz CT molecular complexity index is 1380. The summed E-state index contributed by atoms with van der Waals surface area (Å²) in [6, 6.07) is 12.3. The molecule has 188 valence electrons. The normalized spacial score (nSPS) is 16.3. The number of hydrogen-bond donors (Lipinski definition) is 4. The highest BCUT2D eigenvalue weighted by Gasteiger charge is 2.05. The molecule has 37 heavy (non-hydrogen) atoms. The van der Waals surface area contributed by atoms with Crippen molar-refractivity contribution in [1.82, 2.24) is 30.9 Å². The number of hydrazone groups is 2. The Kier molecular flexibility index (Phi) is 7.97. The fourth-order valence-electron chi connectivity index (χ4n) is 3.82. The van der Waals surface area contributed by atoms with Crippen molar-refractivity contribution >= 4 is 42.1 Å². The van der Waals surface area contributed by atoms with E-state index in [1.807, 2.05) is 47.0 Å². The van der Waals surface area contributed by atoms with Gasteiger partial charge in [-0.25, -0.2) is 15.8 Å². The average molecular weight is 495 g/mol. The van der Waals surface area contributed by atoms with Crippen LogP contribution in [0.2, 0.25) is 0 Å². The molecule has 10 heteroatoms. The van der Waals surface area contributed by atoms with Gasteiger partial charge in [0, 0.05) is 56.6 Å². The van der Waals surface area contributed by atoms with E-state index in [2.05, 4.69) is 72.1 Å². The van der Waals surface area contributed by atoms with Crippen LogP contribution in [0.5, 0.6) is 0 Å². The molecule has 0 aliphatic carbocycles. The van der Waals surface area contributed by atoms with Crippen LogP contribution in [-0.4, -0.2) is 59.9 Å². The maximum absolute atomic E-state index is 4.76. The summed E-state index contributed by atoms with van der Waals surface area (Å²) >= 11 is 0. The highest BCUT2D eigenvalue weighted by atomic mass is 15.4. The van der Waals surface area contributed by atoms with Gasteiger partial charge in [-0.1, -0.05) is 36.4 Å². The zero-order valence-corrected chi connectivity index (χ0v) is 20.5. The molecule has 3 aromatic rings. The Balaban J connectivity index is 1.16. The number of nitrogens with one attached hydrogen (secondary N) is 4. The number of nitrogens with zero attached hydrogens (tertiary/aromatic N) is 6.